The molecule has 0 aromatic heterocycles. The minimum absolute atomic E-state index is 0.0637. The van der Waals surface area contributed by atoms with Crippen molar-refractivity contribution in [3.05, 3.63) is 0 Å². The van der Waals surface area contributed by atoms with Gasteiger partial charge < -0.3 is 4.74 Å². The summed E-state index contributed by atoms with van der Waals surface area (Å²) in [6, 6.07) is 0. The van der Waals surface area contributed by atoms with Crippen LogP contribution in [-0.2, 0) is 4.74 Å². The van der Waals surface area contributed by atoms with Crippen molar-refractivity contribution in [2.45, 2.75) is 19.2 Å². The van der Waals surface area contributed by atoms with E-state index < -0.39 is 0 Å². The molecule has 1 rings (SSSR count). The summed E-state index contributed by atoms with van der Waals surface area (Å²) in [6.07, 6.45) is 2.17. The minimum atomic E-state index is 0.0637. The van der Waals surface area contributed by atoms with Crippen molar-refractivity contribution in [2.24, 2.45) is 0 Å². The van der Waals surface area contributed by atoms with Gasteiger partial charge in [0.1, 0.15) is 0 Å². The first-order valence-corrected chi connectivity index (χ1v) is 2.39. The van der Waals surface area contributed by atoms with E-state index in [0.29, 0.717) is 6.61 Å². The van der Waals surface area contributed by atoms with Crippen LogP contribution in [0.25, 0.3) is 0 Å². The summed E-state index contributed by atoms with van der Waals surface area (Å²) in [6.45, 7) is 1.52. The zero-order chi connectivity index (χ0) is 5.11. The SMILES string of the molecule is [2H]C1CCCOC1. The molecule has 0 amide bonds. The first-order valence-electron chi connectivity index (χ1n) is 2.97. The molecular weight excluding hydrogens is 76.1 g/mol. The van der Waals surface area contributed by atoms with E-state index in [4.69, 9.17) is 6.11 Å². The lowest BCUT2D eigenvalue weighted by Gasteiger charge is -2.08. The first kappa shape index (κ1) is 3.03. The predicted molar refractivity (Wildman–Crippen MR) is 24.7 cm³/mol. The predicted octanol–water partition coefficient (Wildman–Crippen LogP) is 1.19. The molecule has 1 heteroatoms. The average Bonchev–Trinajstić information content (AvgIpc) is 1.69. The monoisotopic (exact) mass is 87.1 g/mol. The van der Waals surface area contributed by atoms with E-state index in [2.05, 4.69) is 0 Å². The largest absolute Gasteiger partial charge is 0.381 e. The van der Waals surface area contributed by atoms with Crippen LogP contribution in [0.4, 0.5) is 0 Å². The van der Waals surface area contributed by atoms with Crippen molar-refractivity contribution in [1.29, 1.82) is 0 Å². The van der Waals surface area contributed by atoms with Gasteiger partial charge in [0.25, 0.3) is 0 Å². The Kier molecular flexibility index (Phi) is 1.10. The van der Waals surface area contributed by atoms with Crippen LogP contribution in [0.1, 0.15) is 20.6 Å². The molecule has 0 radical (unpaired) electrons. The maximum atomic E-state index is 7.15. The van der Waals surface area contributed by atoms with Crippen LogP contribution in [0.15, 0.2) is 0 Å². The molecule has 1 saturated heterocycles. The summed E-state index contributed by atoms with van der Waals surface area (Å²) >= 11 is 0. The average molecular weight is 87.1 g/mol. The summed E-state index contributed by atoms with van der Waals surface area (Å²) in [5, 5.41) is 0. The molecular formula is C5H10O. The Morgan fingerprint density at radius 3 is 2.67 bits per heavy atom. The normalized spacial score (nSPS) is 38.7. The molecule has 1 nitrogen and oxygen atoms in total. The van der Waals surface area contributed by atoms with Crippen LogP contribution in [0, 0.1) is 0 Å². The lowest BCUT2D eigenvalue weighted by Crippen LogP contribution is -2.03. The van der Waals surface area contributed by atoms with E-state index in [1.165, 1.54) is 0 Å². The Balaban J connectivity index is 2.12. The van der Waals surface area contributed by atoms with Gasteiger partial charge in [-0.2, -0.15) is 0 Å². The van der Waals surface area contributed by atoms with Gasteiger partial charge in [-0.05, 0) is 19.2 Å². The van der Waals surface area contributed by atoms with Gasteiger partial charge in [-0.3, -0.25) is 0 Å². The molecule has 0 bridgehead atoms. The quantitative estimate of drug-likeness (QED) is 0.431. The van der Waals surface area contributed by atoms with Gasteiger partial charge in [0, 0.05) is 14.6 Å². The second kappa shape index (κ2) is 2.19. The summed E-state index contributed by atoms with van der Waals surface area (Å²) in [4.78, 5) is 0. The summed E-state index contributed by atoms with van der Waals surface area (Å²) in [7, 11) is 0. The van der Waals surface area contributed by atoms with Gasteiger partial charge in [0.05, 0.1) is 0 Å². The Labute approximate surface area is 39.7 Å². The molecule has 36 valence electrons. The number of hydrogen-bond acceptors (Lipinski definition) is 1. The number of rotatable bonds is 0. The van der Waals surface area contributed by atoms with Crippen LogP contribution in [-0.4, -0.2) is 13.2 Å². The van der Waals surface area contributed by atoms with E-state index in [0.717, 1.165) is 19.4 Å². The van der Waals surface area contributed by atoms with E-state index in [-0.39, 0.29) is 6.40 Å². The van der Waals surface area contributed by atoms with Crippen LogP contribution in [0.3, 0.4) is 0 Å². The third-order valence-corrected chi connectivity index (χ3v) is 0.933. The topological polar surface area (TPSA) is 9.23 Å². The van der Waals surface area contributed by atoms with Crippen molar-refractivity contribution in [1.82, 2.24) is 0 Å². The van der Waals surface area contributed by atoms with E-state index in [1.807, 2.05) is 0 Å². The zero-order valence-corrected chi connectivity index (χ0v) is 3.81. The van der Waals surface area contributed by atoms with Gasteiger partial charge in [-0.15, -0.1) is 0 Å². The molecule has 0 aliphatic carbocycles. The highest BCUT2D eigenvalue weighted by Crippen LogP contribution is 2.01. The smallest absolute Gasteiger partial charge is 0.0466 e. The minimum Gasteiger partial charge on any atom is -0.381 e. The maximum absolute atomic E-state index is 7.15. The molecule has 0 spiro atoms. The Morgan fingerprint density at radius 1 is 1.33 bits per heavy atom. The van der Waals surface area contributed by atoms with Gasteiger partial charge >= 0.3 is 0 Å². The van der Waals surface area contributed by atoms with E-state index >= 15 is 0 Å². The first-order chi connectivity index (χ1) is 3.39. The summed E-state index contributed by atoms with van der Waals surface area (Å²) < 4.78 is 12.1. The molecule has 1 aliphatic rings. The highest BCUT2D eigenvalue weighted by atomic mass is 16.5. The molecule has 0 aromatic rings. The molecule has 6 heavy (non-hydrogen) atoms. The standard InChI is InChI=1S/C5H10O/c1-2-4-6-5-3-1/h1-5H2/i2D. The van der Waals surface area contributed by atoms with Crippen molar-refractivity contribution < 1.29 is 6.11 Å². The molecule has 0 saturated carbocycles. The molecule has 1 heterocycles. The molecule has 1 fully saturated rings. The van der Waals surface area contributed by atoms with Gasteiger partial charge in [-0.25, -0.2) is 0 Å². The molecule has 0 N–H and O–H groups in total. The second-order valence-corrected chi connectivity index (χ2v) is 1.51. The van der Waals surface area contributed by atoms with E-state index in [9.17, 15) is 0 Å². The zero-order valence-electron chi connectivity index (χ0n) is 4.81. The fourth-order valence-corrected chi connectivity index (χ4v) is 0.580. The summed E-state index contributed by atoms with van der Waals surface area (Å²) in [5.41, 5.74) is 0. The molecule has 0 aromatic carbocycles. The Bertz CT molecular complexity index is 50.0. The molecule has 1 unspecified atom stereocenters. The van der Waals surface area contributed by atoms with Crippen LogP contribution >= 0.6 is 0 Å². The highest BCUT2D eigenvalue weighted by Gasteiger charge is 1.94. The van der Waals surface area contributed by atoms with Crippen molar-refractivity contribution >= 4 is 0 Å². The van der Waals surface area contributed by atoms with Crippen LogP contribution in [0.2, 0.25) is 0 Å². The highest BCUT2D eigenvalue weighted by molar-refractivity contribution is 4.45. The van der Waals surface area contributed by atoms with Crippen LogP contribution < -0.4 is 0 Å². The fourth-order valence-electron chi connectivity index (χ4n) is 0.580. The van der Waals surface area contributed by atoms with Gasteiger partial charge in [0.15, 0.2) is 0 Å². The summed E-state index contributed by atoms with van der Waals surface area (Å²) in [5.74, 6) is 0. The fraction of sp³-hybridized carbons (Fsp3) is 1.00. The van der Waals surface area contributed by atoms with Gasteiger partial charge in [-0.1, -0.05) is 0 Å². The van der Waals surface area contributed by atoms with E-state index in [1.54, 1.807) is 0 Å². The Hall–Kier alpha value is -0.0400. The maximum Gasteiger partial charge on any atom is 0.0466 e. The molecule has 1 atom stereocenters. The molecule has 1 aliphatic heterocycles. The van der Waals surface area contributed by atoms with Crippen molar-refractivity contribution in [3.63, 3.8) is 0 Å². The Morgan fingerprint density at radius 2 is 2.33 bits per heavy atom. The third-order valence-electron chi connectivity index (χ3n) is 0.933. The van der Waals surface area contributed by atoms with Crippen LogP contribution in [0.5, 0.6) is 0 Å². The second-order valence-electron chi connectivity index (χ2n) is 1.51. The lowest BCUT2D eigenvalue weighted by molar-refractivity contribution is 0.0968. The van der Waals surface area contributed by atoms with Crippen molar-refractivity contribution in [2.75, 3.05) is 13.2 Å². The third kappa shape index (κ3) is 0.977. The van der Waals surface area contributed by atoms with Gasteiger partial charge in [0.2, 0.25) is 0 Å². The van der Waals surface area contributed by atoms with Crippen molar-refractivity contribution in [3.8, 4) is 0 Å². The number of hydrogen-bond donors (Lipinski definition) is 0. The lowest BCUT2D eigenvalue weighted by atomic mass is 10.2. The number of ether oxygens (including phenoxy) is 1.